The van der Waals surface area contributed by atoms with Crippen LogP contribution >= 0.6 is 11.6 Å². The van der Waals surface area contributed by atoms with Crippen LogP contribution in [0.25, 0.3) is 0 Å². The van der Waals surface area contributed by atoms with Gasteiger partial charge in [-0.15, -0.1) is 0 Å². The number of anilines is 1. The lowest BCUT2D eigenvalue weighted by molar-refractivity contribution is -0.126. The van der Waals surface area contributed by atoms with Crippen molar-refractivity contribution < 1.29 is 24.2 Å². The Bertz CT molecular complexity index is 804. The second kappa shape index (κ2) is 4.43. The summed E-state index contributed by atoms with van der Waals surface area (Å²) in [5.41, 5.74) is -0.705. The van der Waals surface area contributed by atoms with E-state index in [2.05, 4.69) is 0 Å². The molecule has 0 saturated carbocycles. The van der Waals surface area contributed by atoms with E-state index in [9.17, 15) is 14.4 Å². The highest BCUT2D eigenvalue weighted by Crippen LogP contribution is 2.52. The summed E-state index contributed by atoms with van der Waals surface area (Å²) < 4.78 is 5.74. The van der Waals surface area contributed by atoms with Gasteiger partial charge >= 0.3 is 5.97 Å². The van der Waals surface area contributed by atoms with Crippen molar-refractivity contribution in [2.75, 3.05) is 4.90 Å². The van der Waals surface area contributed by atoms with Crippen LogP contribution in [0.2, 0.25) is 5.02 Å². The molecule has 0 radical (unpaired) electrons. The van der Waals surface area contributed by atoms with E-state index in [0.29, 0.717) is 0 Å². The third kappa shape index (κ3) is 1.76. The van der Waals surface area contributed by atoms with Crippen LogP contribution in [0.1, 0.15) is 17.3 Å². The fraction of sp³-hybridized carbons (Fsp3) is 0.312. The molecule has 0 spiro atoms. The van der Waals surface area contributed by atoms with E-state index in [1.54, 1.807) is 13.0 Å². The van der Waals surface area contributed by atoms with Crippen LogP contribution < -0.4 is 4.90 Å². The van der Waals surface area contributed by atoms with Crippen molar-refractivity contribution in [3.63, 3.8) is 0 Å². The summed E-state index contributed by atoms with van der Waals surface area (Å²) in [5.74, 6) is -3.08. The number of fused-ring (bicyclic) bond motifs is 5. The number of rotatable bonds is 2. The van der Waals surface area contributed by atoms with Crippen molar-refractivity contribution in [3.8, 4) is 0 Å². The predicted octanol–water partition coefficient (Wildman–Crippen LogP) is 1.87. The summed E-state index contributed by atoms with van der Waals surface area (Å²) >= 11 is 5.85. The van der Waals surface area contributed by atoms with Gasteiger partial charge in [0.05, 0.1) is 39.8 Å². The number of nitrogens with zero attached hydrogens (tertiary/aromatic N) is 1. The molecule has 0 aromatic heterocycles. The van der Waals surface area contributed by atoms with Gasteiger partial charge in [0.15, 0.2) is 0 Å². The number of carboxylic acid groups (broad SMARTS) is 1. The quantitative estimate of drug-likeness (QED) is 0.660. The molecule has 118 valence electrons. The lowest BCUT2D eigenvalue weighted by Crippen LogP contribution is -2.38. The SMILES string of the molecule is C[C@]12C=C[C@H](O1)[C@H]1C(=O)N(c3ccc(Cl)c(C(=O)O)c3)C(=O)[C@@H]12. The Balaban J connectivity index is 1.78. The minimum Gasteiger partial charge on any atom is -0.478 e. The molecule has 1 aromatic carbocycles. The van der Waals surface area contributed by atoms with Gasteiger partial charge in [-0.2, -0.15) is 0 Å². The molecule has 4 atom stereocenters. The van der Waals surface area contributed by atoms with Crippen molar-refractivity contribution in [2.45, 2.75) is 18.6 Å². The number of halogens is 1. The van der Waals surface area contributed by atoms with Gasteiger partial charge in [-0.3, -0.25) is 9.59 Å². The van der Waals surface area contributed by atoms with Crippen LogP contribution in [0.4, 0.5) is 5.69 Å². The molecule has 3 aliphatic heterocycles. The Morgan fingerprint density at radius 2 is 2.09 bits per heavy atom. The number of carboxylic acids is 1. The minimum atomic E-state index is -1.21. The summed E-state index contributed by atoms with van der Waals surface area (Å²) in [5, 5.41) is 9.21. The Morgan fingerprint density at radius 3 is 2.74 bits per heavy atom. The normalized spacial score (nSPS) is 34.3. The number of benzene rings is 1. The Hall–Kier alpha value is -2.18. The second-order valence-electron chi connectivity index (χ2n) is 6.11. The molecule has 23 heavy (non-hydrogen) atoms. The van der Waals surface area contributed by atoms with E-state index < -0.39 is 29.5 Å². The van der Waals surface area contributed by atoms with E-state index >= 15 is 0 Å². The zero-order chi connectivity index (χ0) is 16.5. The first-order valence-electron chi connectivity index (χ1n) is 7.11. The fourth-order valence-corrected chi connectivity index (χ4v) is 3.92. The van der Waals surface area contributed by atoms with Gasteiger partial charge < -0.3 is 9.84 Å². The van der Waals surface area contributed by atoms with Gasteiger partial charge in [0.25, 0.3) is 0 Å². The van der Waals surface area contributed by atoms with Crippen molar-refractivity contribution >= 4 is 35.1 Å². The van der Waals surface area contributed by atoms with Crippen LogP contribution in [-0.2, 0) is 14.3 Å². The van der Waals surface area contributed by atoms with E-state index in [1.807, 2.05) is 6.08 Å². The summed E-state index contributed by atoms with van der Waals surface area (Å²) in [6, 6.07) is 4.10. The first kappa shape index (κ1) is 14.4. The van der Waals surface area contributed by atoms with Gasteiger partial charge in [0.2, 0.25) is 11.8 Å². The van der Waals surface area contributed by atoms with Crippen molar-refractivity contribution in [3.05, 3.63) is 40.9 Å². The first-order valence-corrected chi connectivity index (χ1v) is 7.49. The highest BCUT2D eigenvalue weighted by atomic mass is 35.5. The van der Waals surface area contributed by atoms with Crippen molar-refractivity contribution in [2.24, 2.45) is 11.8 Å². The topological polar surface area (TPSA) is 83.9 Å². The molecule has 0 aliphatic carbocycles. The third-order valence-corrected chi connectivity index (χ3v) is 5.10. The number of carbonyl (C=O) groups is 3. The monoisotopic (exact) mass is 333 g/mol. The van der Waals surface area contributed by atoms with E-state index in [0.717, 1.165) is 4.90 Å². The zero-order valence-corrected chi connectivity index (χ0v) is 12.8. The molecule has 3 aliphatic rings. The molecule has 2 fully saturated rings. The lowest BCUT2D eigenvalue weighted by Gasteiger charge is -2.24. The summed E-state index contributed by atoms with van der Waals surface area (Å²) in [6.45, 7) is 1.79. The molecule has 1 aromatic rings. The highest BCUT2D eigenvalue weighted by molar-refractivity contribution is 6.34. The second-order valence-corrected chi connectivity index (χ2v) is 6.52. The average molecular weight is 334 g/mol. The Labute approximate surface area is 136 Å². The molecule has 2 bridgehead atoms. The van der Waals surface area contributed by atoms with Crippen LogP contribution in [0, 0.1) is 11.8 Å². The highest BCUT2D eigenvalue weighted by Gasteiger charge is 2.66. The molecule has 1 N–H and O–H groups in total. The molecule has 0 unspecified atom stereocenters. The standard InChI is InChI=1S/C16H12ClNO5/c1-16-5-4-10(23-16)11-12(16)14(20)18(13(11)19)7-2-3-9(17)8(6-7)15(21)22/h2-6,10-12H,1H3,(H,21,22)/t10-,11+,12+,16+/m0/s1. The van der Waals surface area contributed by atoms with Crippen LogP contribution in [-0.4, -0.2) is 34.6 Å². The largest absolute Gasteiger partial charge is 0.478 e. The van der Waals surface area contributed by atoms with Crippen molar-refractivity contribution in [1.29, 1.82) is 0 Å². The maximum absolute atomic E-state index is 12.8. The summed E-state index contributed by atoms with van der Waals surface area (Å²) in [7, 11) is 0. The number of hydrogen-bond acceptors (Lipinski definition) is 4. The minimum absolute atomic E-state index is 0.0533. The molecular weight excluding hydrogens is 322 g/mol. The summed E-state index contributed by atoms with van der Waals surface area (Å²) in [6.07, 6.45) is 3.22. The van der Waals surface area contributed by atoms with E-state index in [-0.39, 0.29) is 28.1 Å². The number of carbonyl (C=O) groups excluding carboxylic acids is 2. The molecule has 7 heteroatoms. The van der Waals surface area contributed by atoms with E-state index in [4.69, 9.17) is 21.4 Å². The lowest BCUT2D eigenvalue weighted by atomic mass is 9.78. The average Bonchev–Trinajstić information content (AvgIpc) is 3.09. The van der Waals surface area contributed by atoms with Crippen molar-refractivity contribution in [1.82, 2.24) is 0 Å². The molecular formula is C16H12ClNO5. The molecule has 2 saturated heterocycles. The number of hydrogen-bond donors (Lipinski definition) is 1. The Morgan fingerprint density at radius 1 is 1.35 bits per heavy atom. The number of ether oxygens (including phenoxy) is 1. The van der Waals surface area contributed by atoms with Crippen LogP contribution in [0.5, 0.6) is 0 Å². The first-order chi connectivity index (χ1) is 10.8. The smallest absolute Gasteiger partial charge is 0.337 e. The van der Waals surface area contributed by atoms with Gasteiger partial charge in [0, 0.05) is 0 Å². The number of amides is 2. The zero-order valence-electron chi connectivity index (χ0n) is 12.0. The van der Waals surface area contributed by atoms with Gasteiger partial charge in [0.1, 0.15) is 0 Å². The maximum Gasteiger partial charge on any atom is 0.337 e. The fourth-order valence-electron chi connectivity index (χ4n) is 3.72. The number of aromatic carboxylic acids is 1. The van der Waals surface area contributed by atoms with Gasteiger partial charge in [-0.05, 0) is 25.1 Å². The predicted molar refractivity (Wildman–Crippen MR) is 80.3 cm³/mol. The van der Waals surface area contributed by atoms with Gasteiger partial charge in [-0.25, -0.2) is 9.69 Å². The van der Waals surface area contributed by atoms with Gasteiger partial charge in [-0.1, -0.05) is 23.8 Å². The molecule has 2 amide bonds. The maximum atomic E-state index is 12.8. The third-order valence-electron chi connectivity index (χ3n) is 4.77. The molecule has 6 nitrogen and oxygen atoms in total. The Kier molecular flexibility index (Phi) is 2.77. The summed E-state index contributed by atoms with van der Waals surface area (Å²) in [4.78, 5) is 37.7. The molecule has 3 heterocycles. The van der Waals surface area contributed by atoms with Crippen LogP contribution in [0.3, 0.4) is 0 Å². The number of imide groups is 1. The molecule has 4 rings (SSSR count). The van der Waals surface area contributed by atoms with Crippen LogP contribution in [0.15, 0.2) is 30.4 Å². The van der Waals surface area contributed by atoms with E-state index in [1.165, 1.54) is 18.2 Å².